The molecule has 0 rings (SSSR count). The Hall–Kier alpha value is -1.28. The molecule has 0 spiro atoms. The highest BCUT2D eigenvalue weighted by atomic mass is 31.2. The van der Waals surface area contributed by atoms with E-state index in [4.69, 9.17) is 9.05 Å². The first-order valence-corrected chi connectivity index (χ1v) is 30.3. The van der Waals surface area contributed by atoms with Gasteiger partial charge in [-0.25, -0.2) is 4.57 Å². The number of quaternary nitrogens is 1. The van der Waals surface area contributed by atoms with Crippen LogP contribution < -0.4 is 5.32 Å². The number of carbonyl (C=O) groups excluding carboxylic acids is 1. The van der Waals surface area contributed by atoms with Gasteiger partial charge >= 0.3 is 7.82 Å². The summed E-state index contributed by atoms with van der Waals surface area (Å²) in [4.78, 5) is 23.3. The second-order valence-corrected chi connectivity index (χ2v) is 22.4. The fraction of sp³-hybridized carbons (Fsp3) is 0.879. The molecule has 0 saturated carbocycles. The topological polar surface area (TPSA) is 105 Å². The third-order valence-electron chi connectivity index (χ3n) is 13.2. The van der Waals surface area contributed by atoms with Gasteiger partial charge in [0.05, 0.1) is 39.9 Å². The van der Waals surface area contributed by atoms with Crippen molar-refractivity contribution in [3.63, 3.8) is 0 Å². The molecule has 396 valence electrons. The second kappa shape index (κ2) is 49.7. The summed E-state index contributed by atoms with van der Waals surface area (Å²) in [5, 5.41) is 14.1. The van der Waals surface area contributed by atoms with Gasteiger partial charge in [0.2, 0.25) is 5.91 Å². The van der Waals surface area contributed by atoms with Crippen LogP contribution in [0.15, 0.2) is 36.5 Å². The number of allylic oxidation sites excluding steroid dienone is 6. The molecule has 0 heterocycles. The Labute approximate surface area is 417 Å². The Morgan fingerprint density at radius 1 is 0.522 bits per heavy atom. The van der Waals surface area contributed by atoms with E-state index in [0.717, 1.165) is 64.2 Å². The molecule has 3 unspecified atom stereocenters. The number of likely N-dealkylation sites (N-methyl/N-ethyl adjacent to an activating group) is 1. The van der Waals surface area contributed by atoms with Gasteiger partial charge < -0.3 is 19.8 Å². The molecule has 0 aliphatic rings. The van der Waals surface area contributed by atoms with Crippen LogP contribution in [0.5, 0.6) is 0 Å². The number of aliphatic hydroxyl groups is 1. The molecular formula is C58H114N2O6P+. The predicted octanol–water partition coefficient (Wildman–Crippen LogP) is 17.4. The van der Waals surface area contributed by atoms with Crippen LogP contribution in [-0.4, -0.2) is 73.4 Å². The predicted molar refractivity (Wildman–Crippen MR) is 291 cm³/mol. The minimum absolute atomic E-state index is 0.0724. The Morgan fingerprint density at radius 3 is 1.31 bits per heavy atom. The number of nitrogens with one attached hydrogen (secondary N) is 1. The normalized spacial score (nSPS) is 14.2. The van der Waals surface area contributed by atoms with E-state index in [-0.39, 0.29) is 19.1 Å². The van der Waals surface area contributed by atoms with Crippen LogP contribution in [-0.2, 0) is 18.4 Å². The monoisotopic (exact) mass is 966 g/mol. The first-order chi connectivity index (χ1) is 32.5. The maximum Gasteiger partial charge on any atom is 0.472 e. The van der Waals surface area contributed by atoms with Crippen LogP contribution in [0.4, 0.5) is 0 Å². The fourth-order valence-corrected chi connectivity index (χ4v) is 9.39. The molecular weight excluding hydrogens is 852 g/mol. The van der Waals surface area contributed by atoms with Crippen LogP contribution in [0.25, 0.3) is 0 Å². The lowest BCUT2D eigenvalue weighted by atomic mass is 10.0. The van der Waals surface area contributed by atoms with Crippen molar-refractivity contribution in [1.82, 2.24) is 5.32 Å². The Balaban J connectivity index is 4.11. The van der Waals surface area contributed by atoms with E-state index in [2.05, 4.69) is 55.6 Å². The molecule has 3 N–H and O–H groups in total. The zero-order valence-electron chi connectivity index (χ0n) is 45.2. The summed E-state index contributed by atoms with van der Waals surface area (Å²) in [5.74, 6) is -0.152. The van der Waals surface area contributed by atoms with Crippen LogP contribution in [0.3, 0.4) is 0 Å². The molecule has 0 aromatic carbocycles. The minimum atomic E-state index is -4.33. The molecule has 3 atom stereocenters. The van der Waals surface area contributed by atoms with Gasteiger partial charge in [0.25, 0.3) is 0 Å². The lowest BCUT2D eigenvalue weighted by Gasteiger charge is -2.26. The van der Waals surface area contributed by atoms with Crippen LogP contribution >= 0.6 is 7.82 Å². The summed E-state index contributed by atoms with van der Waals surface area (Å²) in [5.41, 5.74) is 0. The summed E-state index contributed by atoms with van der Waals surface area (Å²) >= 11 is 0. The highest BCUT2D eigenvalue weighted by molar-refractivity contribution is 7.47. The zero-order valence-corrected chi connectivity index (χ0v) is 46.0. The van der Waals surface area contributed by atoms with E-state index in [9.17, 15) is 19.4 Å². The molecule has 0 saturated heterocycles. The number of phosphoric acid groups is 1. The quantitative estimate of drug-likeness (QED) is 0.0243. The molecule has 0 aliphatic heterocycles. The van der Waals surface area contributed by atoms with Gasteiger partial charge in [-0.3, -0.25) is 13.8 Å². The Kier molecular flexibility index (Phi) is 48.7. The minimum Gasteiger partial charge on any atom is -0.391 e. The first-order valence-electron chi connectivity index (χ1n) is 28.9. The smallest absolute Gasteiger partial charge is 0.391 e. The molecule has 0 radical (unpaired) electrons. The van der Waals surface area contributed by atoms with Crippen molar-refractivity contribution in [2.24, 2.45) is 0 Å². The lowest BCUT2D eigenvalue weighted by Crippen LogP contribution is -2.46. The number of unbranched alkanes of at least 4 members (excludes halogenated alkanes) is 34. The number of rotatable bonds is 53. The lowest BCUT2D eigenvalue weighted by molar-refractivity contribution is -0.870. The van der Waals surface area contributed by atoms with E-state index in [1.54, 1.807) is 0 Å². The summed E-state index contributed by atoms with van der Waals surface area (Å²) < 4.78 is 23.8. The number of amides is 1. The first kappa shape index (κ1) is 65.7. The maximum absolute atomic E-state index is 13.0. The van der Waals surface area contributed by atoms with Gasteiger partial charge in [-0.05, 0) is 44.9 Å². The second-order valence-electron chi connectivity index (χ2n) is 21.0. The molecule has 9 heteroatoms. The molecule has 0 aromatic heterocycles. The summed E-state index contributed by atoms with van der Waals surface area (Å²) in [7, 11) is 1.61. The van der Waals surface area contributed by atoms with Gasteiger partial charge in [-0.2, -0.15) is 0 Å². The van der Waals surface area contributed by atoms with Crippen molar-refractivity contribution in [3.05, 3.63) is 36.5 Å². The highest BCUT2D eigenvalue weighted by Crippen LogP contribution is 2.43. The van der Waals surface area contributed by atoms with Crippen LogP contribution in [0.1, 0.15) is 277 Å². The van der Waals surface area contributed by atoms with Gasteiger partial charge in [0.15, 0.2) is 0 Å². The van der Waals surface area contributed by atoms with Gasteiger partial charge in [-0.15, -0.1) is 0 Å². The molecule has 0 aliphatic carbocycles. The van der Waals surface area contributed by atoms with Crippen molar-refractivity contribution >= 4 is 13.7 Å². The largest absolute Gasteiger partial charge is 0.472 e. The molecule has 0 fully saturated rings. The van der Waals surface area contributed by atoms with E-state index >= 15 is 0 Å². The van der Waals surface area contributed by atoms with E-state index in [0.29, 0.717) is 23.9 Å². The molecule has 0 aromatic rings. The summed E-state index contributed by atoms with van der Waals surface area (Å²) in [6.07, 6.45) is 63.5. The van der Waals surface area contributed by atoms with Gasteiger partial charge in [0.1, 0.15) is 13.2 Å². The number of phosphoric ester groups is 1. The number of hydrogen-bond donors (Lipinski definition) is 3. The highest BCUT2D eigenvalue weighted by Gasteiger charge is 2.28. The average Bonchev–Trinajstić information content (AvgIpc) is 3.29. The molecule has 0 bridgehead atoms. The summed E-state index contributed by atoms with van der Waals surface area (Å²) in [6, 6.07) is -0.767. The SMILES string of the molecule is CC/C=C\C/C=C\C/C=C\CCCCCCCCCC(=O)NC(COP(=O)(O)OCC[N+](C)(C)C)C(O)CCCCCCCCCCCCCCCCCCCCCCCCCCCCCC. The molecule has 8 nitrogen and oxygen atoms in total. The third-order valence-corrected chi connectivity index (χ3v) is 14.1. The number of aliphatic hydroxyl groups excluding tert-OH is 1. The van der Waals surface area contributed by atoms with Crippen molar-refractivity contribution in [3.8, 4) is 0 Å². The van der Waals surface area contributed by atoms with Crippen molar-refractivity contribution in [1.29, 1.82) is 0 Å². The maximum atomic E-state index is 13.0. The van der Waals surface area contributed by atoms with Crippen molar-refractivity contribution < 1.29 is 32.9 Å². The number of hydrogen-bond acceptors (Lipinski definition) is 5. The number of nitrogens with zero attached hydrogens (tertiary/aromatic N) is 1. The average molecular weight is 967 g/mol. The van der Waals surface area contributed by atoms with Crippen molar-refractivity contribution in [2.45, 2.75) is 289 Å². The standard InChI is InChI=1S/C58H113N2O6P/c1-6-8-10-12-14-16-18-20-22-24-25-26-27-28-29-30-31-32-33-34-36-37-39-41-43-45-47-49-51-57(61)56(55-66-67(63,64)65-54-53-60(3,4)5)59-58(62)52-50-48-46-44-42-40-38-35-23-21-19-17-15-13-11-9-7-2/h9,11,15,17,21,23,56-57,61H,6-8,10,12-14,16,18-20,22,24-55H2,1-5H3,(H-,59,62,63,64)/p+1/b11-9-,17-15-,23-21-. The Morgan fingerprint density at radius 2 is 0.896 bits per heavy atom. The number of carbonyl (C=O) groups is 1. The Bertz CT molecular complexity index is 1190. The molecule has 67 heavy (non-hydrogen) atoms. The van der Waals surface area contributed by atoms with Crippen molar-refractivity contribution in [2.75, 3.05) is 40.9 Å². The fourth-order valence-electron chi connectivity index (χ4n) is 8.65. The zero-order chi connectivity index (χ0) is 49.2. The van der Waals surface area contributed by atoms with Gasteiger partial charge in [-0.1, -0.05) is 262 Å². The molecule has 1 amide bonds. The van der Waals surface area contributed by atoms with Gasteiger partial charge in [0, 0.05) is 6.42 Å². The van der Waals surface area contributed by atoms with E-state index in [1.165, 1.54) is 186 Å². The van der Waals surface area contributed by atoms with Crippen LogP contribution in [0, 0.1) is 0 Å². The van der Waals surface area contributed by atoms with Crippen LogP contribution in [0.2, 0.25) is 0 Å². The van der Waals surface area contributed by atoms with E-state index < -0.39 is 20.0 Å². The third kappa shape index (κ3) is 52.4. The van der Waals surface area contributed by atoms with E-state index in [1.807, 2.05) is 21.1 Å². The summed E-state index contributed by atoms with van der Waals surface area (Å²) in [6.45, 7) is 4.80.